The van der Waals surface area contributed by atoms with E-state index in [0.717, 1.165) is 31.4 Å². The minimum absolute atomic E-state index is 0.0192. The number of rotatable bonds is 4. The molecular weight excluding hydrogens is 366 g/mol. The van der Waals surface area contributed by atoms with Gasteiger partial charge in [0.2, 0.25) is 0 Å². The summed E-state index contributed by atoms with van der Waals surface area (Å²) in [4.78, 5) is 38.2. The summed E-state index contributed by atoms with van der Waals surface area (Å²) in [6, 6.07) is 4.10. The quantitative estimate of drug-likeness (QED) is 0.781. The van der Waals surface area contributed by atoms with E-state index in [1.807, 2.05) is 26.8 Å². The van der Waals surface area contributed by atoms with E-state index in [2.05, 4.69) is 30.7 Å². The SMILES string of the molecule is CC(C)CN1CC2CN(C(=O)c3ccc(N4CCC(C)CC4)nc3)CCN2C1=O. The molecule has 0 N–H and O–H groups in total. The molecule has 0 aromatic carbocycles. The van der Waals surface area contributed by atoms with Crippen molar-refractivity contribution in [2.45, 2.75) is 39.7 Å². The number of anilines is 1. The predicted molar refractivity (Wildman–Crippen MR) is 113 cm³/mol. The van der Waals surface area contributed by atoms with Crippen LogP contribution in [0.25, 0.3) is 0 Å². The number of amides is 3. The summed E-state index contributed by atoms with van der Waals surface area (Å²) in [5.41, 5.74) is 0.635. The summed E-state index contributed by atoms with van der Waals surface area (Å²) in [6.07, 6.45) is 4.11. The molecule has 1 atom stereocenters. The average molecular weight is 400 g/mol. The van der Waals surface area contributed by atoms with E-state index >= 15 is 0 Å². The lowest BCUT2D eigenvalue weighted by Crippen LogP contribution is -2.53. The highest BCUT2D eigenvalue weighted by Gasteiger charge is 2.41. The highest BCUT2D eigenvalue weighted by Crippen LogP contribution is 2.24. The van der Waals surface area contributed by atoms with Crippen molar-refractivity contribution >= 4 is 17.8 Å². The number of piperazine rings is 1. The topological polar surface area (TPSA) is 60.0 Å². The molecule has 4 rings (SSSR count). The fourth-order valence-electron chi connectivity index (χ4n) is 4.68. The standard InChI is InChI=1S/C22H33N5O2/c1-16(2)13-26-15-19-14-25(10-11-27(19)22(26)29)21(28)18-4-5-20(23-12-18)24-8-6-17(3)7-9-24/h4-5,12,16-17,19H,6-11,13-15H2,1-3H3. The zero-order valence-corrected chi connectivity index (χ0v) is 17.9. The number of hydrogen-bond donors (Lipinski definition) is 0. The van der Waals surface area contributed by atoms with Crippen LogP contribution in [0.3, 0.4) is 0 Å². The second kappa shape index (κ2) is 8.20. The van der Waals surface area contributed by atoms with E-state index in [4.69, 9.17) is 0 Å². The largest absolute Gasteiger partial charge is 0.357 e. The zero-order chi connectivity index (χ0) is 20.5. The van der Waals surface area contributed by atoms with Gasteiger partial charge >= 0.3 is 6.03 Å². The Hall–Kier alpha value is -2.31. The van der Waals surface area contributed by atoms with Crippen LogP contribution in [0.4, 0.5) is 10.6 Å². The van der Waals surface area contributed by atoms with Gasteiger partial charge in [0.05, 0.1) is 11.6 Å². The van der Waals surface area contributed by atoms with Gasteiger partial charge in [-0.15, -0.1) is 0 Å². The maximum atomic E-state index is 13.0. The monoisotopic (exact) mass is 399 g/mol. The summed E-state index contributed by atoms with van der Waals surface area (Å²) >= 11 is 0. The van der Waals surface area contributed by atoms with Gasteiger partial charge in [0.15, 0.2) is 0 Å². The molecule has 3 amide bonds. The van der Waals surface area contributed by atoms with Gasteiger partial charge < -0.3 is 19.6 Å². The minimum atomic E-state index is 0.0192. The molecule has 3 fully saturated rings. The number of urea groups is 1. The van der Waals surface area contributed by atoms with Gasteiger partial charge in [-0.2, -0.15) is 0 Å². The Bertz CT molecular complexity index is 742. The molecule has 4 heterocycles. The third kappa shape index (κ3) is 4.19. The molecule has 3 aliphatic heterocycles. The summed E-state index contributed by atoms with van der Waals surface area (Å²) in [6.45, 7) is 11.9. The van der Waals surface area contributed by atoms with Gasteiger partial charge in [-0.1, -0.05) is 20.8 Å². The van der Waals surface area contributed by atoms with E-state index in [0.29, 0.717) is 37.7 Å². The summed E-state index contributed by atoms with van der Waals surface area (Å²) in [5.74, 6) is 2.21. The summed E-state index contributed by atoms with van der Waals surface area (Å²) < 4.78 is 0. The molecule has 0 aliphatic carbocycles. The van der Waals surface area contributed by atoms with E-state index < -0.39 is 0 Å². The third-order valence-electron chi connectivity index (χ3n) is 6.41. The van der Waals surface area contributed by atoms with Crippen LogP contribution in [0.2, 0.25) is 0 Å². The second-order valence-electron chi connectivity index (χ2n) is 9.25. The van der Waals surface area contributed by atoms with Crippen molar-refractivity contribution < 1.29 is 9.59 Å². The van der Waals surface area contributed by atoms with Crippen LogP contribution in [0.15, 0.2) is 18.3 Å². The molecule has 3 aliphatic rings. The lowest BCUT2D eigenvalue weighted by molar-refractivity contribution is 0.0616. The van der Waals surface area contributed by atoms with Crippen LogP contribution in [-0.2, 0) is 0 Å². The first-order valence-corrected chi connectivity index (χ1v) is 11.0. The number of piperidine rings is 1. The van der Waals surface area contributed by atoms with Crippen LogP contribution in [0, 0.1) is 11.8 Å². The zero-order valence-electron chi connectivity index (χ0n) is 17.9. The van der Waals surface area contributed by atoms with Crippen LogP contribution in [0.5, 0.6) is 0 Å². The predicted octanol–water partition coefficient (Wildman–Crippen LogP) is 2.54. The number of aromatic nitrogens is 1. The Morgan fingerprint density at radius 2 is 1.90 bits per heavy atom. The van der Waals surface area contributed by atoms with Crippen molar-refractivity contribution in [2.75, 3.05) is 50.7 Å². The molecular formula is C22H33N5O2. The van der Waals surface area contributed by atoms with Gasteiger partial charge in [0, 0.05) is 52.0 Å². The molecule has 7 nitrogen and oxygen atoms in total. The van der Waals surface area contributed by atoms with Crippen molar-refractivity contribution in [3.63, 3.8) is 0 Å². The highest BCUT2D eigenvalue weighted by atomic mass is 16.2. The van der Waals surface area contributed by atoms with E-state index in [9.17, 15) is 9.59 Å². The van der Waals surface area contributed by atoms with E-state index in [1.165, 1.54) is 12.8 Å². The van der Waals surface area contributed by atoms with Gasteiger partial charge in [0.25, 0.3) is 5.91 Å². The van der Waals surface area contributed by atoms with Crippen molar-refractivity contribution in [3.05, 3.63) is 23.9 Å². The van der Waals surface area contributed by atoms with Gasteiger partial charge in [0.1, 0.15) is 5.82 Å². The fraction of sp³-hybridized carbons (Fsp3) is 0.682. The fourth-order valence-corrected chi connectivity index (χ4v) is 4.68. The summed E-state index contributed by atoms with van der Waals surface area (Å²) in [5, 5.41) is 0. The molecule has 158 valence electrons. The first-order chi connectivity index (χ1) is 13.9. The van der Waals surface area contributed by atoms with Crippen molar-refractivity contribution in [3.8, 4) is 0 Å². The normalized spacial score (nSPS) is 23.2. The Labute approximate surface area is 173 Å². The second-order valence-corrected chi connectivity index (χ2v) is 9.25. The van der Waals surface area contributed by atoms with Crippen LogP contribution in [-0.4, -0.2) is 83.5 Å². The lowest BCUT2D eigenvalue weighted by Gasteiger charge is -2.36. The lowest BCUT2D eigenvalue weighted by atomic mass is 9.99. The Kier molecular flexibility index (Phi) is 5.65. The maximum absolute atomic E-state index is 13.0. The molecule has 1 unspecified atom stereocenters. The Morgan fingerprint density at radius 3 is 2.55 bits per heavy atom. The first-order valence-electron chi connectivity index (χ1n) is 11.0. The van der Waals surface area contributed by atoms with Crippen molar-refractivity contribution in [1.82, 2.24) is 19.7 Å². The Balaban J connectivity index is 1.37. The molecule has 3 saturated heterocycles. The van der Waals surface area contributed by atoms with Gasteiger partial charge in [-0.3, -0.25) is 4.79 Å². The smallest absolute Gasteiger partial charge is 0.320 e. The molecule has 0 radical (unpaired) electrons. The molecule has 0 saturated carbocycles. The number of carbonyl (C=O) groups is 2. The first kappa shape index (κ1) is 20.0. The maximum Gasteiger partial charge on any atom is 0.320 e. The number of hydrogen-bond acceptors (Lipinski definition) is 4. The molecule has 0 bridgehead atoms. The van der Waals surface area contributed by atoms with Crippen molar-refractivity contribution in [1.29, 1.82) is 0 Å². The highest BCUT2D eigenvalue weighted by molar-refractivity contribution is 5.94. The van der Waals surface area contributed by atoms with E-state index in [1.54, 1.807) is 6.20 Å². The Morgan fingerprint density at radius 1 is 1.14 bits per heavy atom. The van der Waals surface area contributed by atoms with Crippen molar-refractivity contribution in [2.24, 2.45) is 11.8 Å². The molecule has 7 heteroatoms. The van der Waals surface area contributed by atoms with Crippen LogP contribution in [0.1, 0.15) is 44.0 Å². The molecule has 0 spiro atoms. The number of fused-ring (bicyclic) bond motifs is 1. The number of nitrogens with zero attached hydrogens (tertiary/aromatic N) is 5. The van der Waals surface area contributed by atoms with Gasteiger partial charge in [-0.25, -0.2) is 9.78 Å². The average Bonchev–Trinajstić information content (AvgIpc) is 3.02. The third-order valence-corrected chi connectivity index (χ3v) is 6.41. The van der Waals surface area contributed by atoms with Crippen LogP contribution < -0.4 is 4.90 Å². The van der Waals surface area contributed by atoms with Gasteiger partial charge in [-0.05, 0) is 36.8 Å². The summed E-state index contributed by atoms with van der Waals surface area (Å²) in [7, 11) is 0. The minimum Gasteiger partial charge on any atom is -0.357 e. The molecule has 1 aromatic heterocycles. The number of carbonyl (C=O) groups excluding carboxylic acids is 2. The van der Waals surface area contributed by atoms with Crippen LogP contribution >= 0.6 is 0 Å². The van der Waals surface area contributed by atoms with E-state index in [-0.39, 0.29) is 18.0 Å². The molecule has 1 aromatic rings. The molecule has 29 heavy (non-hydrogen) atoms. The number of pyridine rings is 1.